The van der Waals surface area contributed by atoms with Gasteiger partial charge in [0.05, 0.1) is 24.9 Å². The van der Waals surface area contributed by atoms with E-state index in [9.17, 15) is 29.1 Å². The van der Waals surface area contributed by atoms with E-state index in [0.29, 0.717) is 51.8 Å². The van der Waals surface area contributed by atoms with Crippen LogP contribution in [0.3, 0.4) is 0 Å². The van der Waals surface area contributed by atoms with E-state index in [1.54, 1.807) is 32.4 Å². The number of nitrogens with one attached hydrogen (secondary N) is 3. The minimum Gasteiger partial charge on any atom is -0.496 e. The maximum atomic E-state index is 14.6. The number of thiazole rings is 1. The number of pyridine rings is 1. The molecule has 15 nitrogen and oxygen atoms in total. The third-order valence-corrected chi connectivity index (χ3v) is 12.4. The van der Waals surface area contributed by atoms with Crippen molar-refractivity contribution in [2.24, 2.45) is 11.8 Å². The van der Waals surface area contributed by atoms with E-state index in [2.05, 4.69) is 20.9 Å². The van der Waals surface area contributed by atoms with Crippen LogP contribution < -0.4 is 25.4 Å². The predicted octanol–water partition coefficient (Wildman–Crippen LogP) is 6.14. The Morgan fingerprint density at radius 3 is 2.53 bits per heavy atom. The number of aliphatic carboxylic acids is 1. The molecule has 3 aromatic rings. The van der Waals surface area contributed by atoms with Crippen molar-refractivity contribution in [1.82, 2.24) is 25.5 Å². The first-order valence-electron chi connectivity index (χ1n) is 20.3. The molecule has 2 aliphatic carbocycles. The zero-order valence-electron chi connectivity index (χ0n) is 33.4. The fourth-order valence-electron chi connectivity index (χ4n) is 8.19. The largest absolute Gasteiger partial charge is 0.496 e. The molecule has 2 aromatic heterocycles. The van der Waals surface area contributed by atoms with Gasteiger partial charge in [0.1, 0.15) is 47.0 Å². The van der Waals surface area contributed by atoms with E-state index >= 15 is 0 Å². The quantitative estimate of drug-likeness (QED) is 0.181. The molecular weight excluding hydrogens is 765 g/mol. The number of methoxy groups -OCH3 is 1. The summed E-state index contributed by atoms with van der Waals surface area (Å²) >= 11 is 1.27. The number of aryl methyl sites for hydroxylation is 1. The smallest absolute Gasteiger partial charge is 0.408 e. The van der Waals surface area contributed by atoms with Gasteiger partial charge in [-0.1, -0.05) is 38.8 Å². The Kier molecular flexibility index (Phi) is 12.2. The number of alkyl carbamates (subject to hydrolysis) is 1. The van der Waals surface area contributed by atoms with Crippen LogP contribution in [0.25, 0.3) is 22.3 Å². The molecule has 4 heterocycles. The summed E-state index contributed by atoms with van der Waals surface area (Å²) in [4.78, 5) is 78.0. The van der Waals surface area contributed by atoms with Gasteiger partial charge in [0, 0.05) is 40.7 Å². The van der Waals surface area contributed by atoms with Crippen molar-refractivity contribution in [3.05, 3.63) is 41.3 Å². The number of aromatic nitrogens is 2. The van der Waals surface area contributed by atoms with E-state index in [1.807, 2.05) is 31.2 Å². The normalized spacial score (nSPS) is 25.8. The Morgan fingerprint density at radius 1 is 1.02 bits per heavy atom. The number of hydrogen-bond acceptors (Lipinski definition) is 11. The van der Waals surface area contributed by atoms with Gasteiger partial charge in [0.25, 0.3) is 0 Å². The molecule has 1 aromatic carbocycles. The average Bonchev–Trinajstić information content (AvgIpc) is 3.62. The van der Waals surface area contributed by atoms with E-state index < -0.39 is 47.6 Å². The maximum absolute atomic E-state index is 14.6. The molecule has 5 atom stereocenters. The second kappa shape index (κ2) is 17.3. The SMILES string of the molecule is COc1ccc2c(O[C@@H]3C[C@H]4C(=O)N[C@]5(C(=O)O)C[C@H]5/C=C\CCCCC[C@H](NC(=O)OC5CCCC5)C(=O)N4C3)cc(-c3csc(NC(=O)C(C)C)n3)nc2c1C. The number of carbonyl (C=O) groups excluding carboxylic acids is 4. The molecule has 2 aliphatic heterocycles. The van der Waals surface area contributed by atoms with Gasteiger partial charge in [-0.3, -0.25) is 14.4 Å². The molecule has 16 heteroatoms. The third kappa shape index (κ3) is 8.76. The minimum absolute atomic E-state index is 0.00740. The number of benzene rings is 1. The topological polar surface area (TPSA) is 198 Å². The lowest BCUT2D eigenvalue weighted by molar-refractivity contribution is -0.145. The second-order valence-corrected chi connectivity index (χ2v) is 17.0. The molecule has 4 aliphatic rings. The number of carbonyl (C=O) groups is 5. The van der Waals surface area contributed by atoms with Crippen LogP contribution >= 0.6 is 11.3 Å². The number of allylic oxidation sites excluding steroid dienone is 1. The third-order valence-electron chi connectivity index (χ3n) is 11.7. The standard InChI is InChI=1S/C42H52N6O9S/c1-23(2)36(49)46-40-44-31(22-58-40)30-19-34(28-16-17-33(55-4)24(3)35(28)43-30)56-27-18-32-37(50)47-42(39(52)53)20-25(42)12-8-6-5-7-9-15-29(38(51)48(32)21-27)45-41(54)57-26-13-10-11-14-26/h8,12,16-17,19,22-23,25-27,29,32H,5-7,9-11,13-15,18,20-21H2,1-4H3,(H,45,54)(H,47,50)(H,52,53)(H,44,46,49)/b12-8-/t25-,27-,29+,32+,42-/m1/s1. The molecule has 2 saturated carbocycles. The van der Waals surface area contributed by atoms with Crippen molar-refractivity contribution in [1.29, 1.82) is 0 Å². The van der Waals surface area contributed by atoms with E-state index in [-0.39, 0.29) is 43.2 Å². The predicted molar refractivity (Wildman–Crippen MR) is 217 cm³/mol. The number of carboxylic acids is 1. The van der Waals surface area contributed by atoms with Crippen LogP contribution in [-0.4, -0.2) is 93.2 Å². The average molecular weight is 817 g/mol. The lowest BCUT2D eigenvalue weighted by Crippen LogP contribution is -2.56. The summed E-state index contributed by atoms with van der Waals surface area (Å²) in [6.45, 7) is 5.47. The first-order valence-corrected chi connectivity index (χ1v) is 21.2. The summed E-state index contributed by atoms with van der Waals surface area (Å²) in [5.74, 6) is -1.91. The Bertz CT molecular complexity index is 2100. The number of ether oxygens (including phenoxy) is 3. The number of rotatable bonds is 9. The van der Waals surface area contributed by atoms with E-state index in [1.165, 1.54) is 16.2 Å². The molecule has 3 fully saturated rings. The molecule has 4 amide bonds. The number of fused-ring (bicyclic) bond motifs is 3. The summed E-state index contributed by atoms with van der Waals surface area (Å²) in [7, 11) is 1.58. The van der Waals surface area contributed by atoms with Gasteiger partial charge in [-0.15, -0.1) is 11.3 Å². The van der Waals surface area contributed by atoms with Crippen LogP contribution in [-0.2, 0) is 23.9 Å². The number of hydrogen-bond donors (Lipinski definition) is 4. The lowest BCUT2D eigenvalue weighted by atomic mass is 10.0. The van der Waals surface area contributed by atoms with Gasteiger partial charge >= 0.3 is 12.1 Å². The zero-order valence-corrected chi connectivity index (χ0v) is 34.2. The Morgan fingerprint density at radius 2 is 1.79 bits per heavy atom. The summed E-state index contributed by atoms with van der Waals surface area (Å²) in [5.41, 5.74) is 0.864. The summed E-state index contributed by atoms with van der Waals surface area (Å²) in [6, 6.07) is 3.35. The van der Waals surface area contributed by atoms with Gasteiger partial charge in [0.2, 0.25) is 17.7 Å². The van der Waals surface area contributed by atoms with Gasteiger partial charge in [0.15, 0.2) is 5.13 Å². The highest BCUT2D eigenvalue weighted by Gasteiger charge is 2.61. The molecule has 7 rings (SSSR count). The Labute approximate surface area is 341 Å². The number of amides is 4. The van der Waals surface area contributed by atoms with Crippen molar-refractivity contribution < 1.29 is 43.3 Å². The summed E-state index contributed by atoms with van der Waals surface area (Å²) in [5, 5.41) is 21.6. The highest BCUT2D eigenvalue weighted by molar-refractivity contribution is 7.14. The van der Waals surface area contributed by atoms with E-state index in [0.717, 1.165) is 50.5 Å². The minimum atomic E-state index is -1.47. The van der Waals surface area contributed by atoms with E-state index in [4.69, 9.17) is 19.2 Å². The zero-order chi connectivity index (χ0) is 41.1. The molecule has 0 radical (unpaired) electrons. The molecule has 58 heavy (non-hydrogen) atoms. The molecule has 1 saturated heterocycles. The lowest BCUT2D eigenvalue weighted by Gasteiger charge is -2.29. The molecule has 0 bridgehead atoms. The molecular formula is C42H52N6O9S. The Hall–Kier alpha value is -5.25. The van der Waals surface area contributed by atoms with Crippen molar-refractivity contribution >= 4 is 57.2 Å². The number of nitrogens with zero attached hydrogens (tertiary/aromatic N) is 3. The van der Waals surface area contributed by atoms with Gasteiger partial charge < -0.3 is 40.2 Å². The molecule has 310 valence electrons. The maximum Gasteiger partial charge on any atom is 0.408 e. The van der Waals surface area contributed by atoms with Crippen molar-refractivity contribution in [3.8, 4) is 22.9 Å². The van der Waals surface area contributed by atoms with Crippen molar-refractivity contribution in [2.75, 3.05) is 19.0 Å². The fourth-order valence-corrected chi connectivity index (χ4v) is 8.90. The molecule has 0 spiro atoms. The van der Waals surface area contributed by atoms with Crippen LogP contribution in [0.15, 0.2) is 35.7 Å². The van der Waals surface area contributed by atoms with Gasteiger partial charge in [-0.05, 0) is 70.4 Å². The highest BCUT2D eigenvalue weighted by Crippen LogP contribution is 2.46. The first-order chi connectivity index (χ1) is 27.9. The molecule has 4 N–H and O–H groups in total. The molecule has 0 unspecified atom stereocenters. The highest BCUT2D eigenvalue weighted by atomic mass is 32.1. The van der Waals surface area contributed by atoms with Crippen molar-refractivity contribution in [3.63, 3.8) is 0 Å². The Balaban J connectivity index is 1.21. The summed E-state index contributed by atoms with van der Waals surface area (Å²) in [6.07, 6.45) is 9.39. The van der Waals surface area contributed by atoms with Crippen LogP contribution in [0.5, 0.6) is 11.5 Å². The van der Waals surface area contributed by atoms with Gasteiger partial charge in [-0.25, -0.2) is 19.6 Å². The van der Waals surface area contributed by atoms with Crippen molar-refractivity contribution in [2.45, 2.75) is 121 Å². The van der Waals surface area contributed by atoms with Crippen LogP contribution in [0.4, 0.5) is 9.93 Å². The van der Waals surface area contributed by atoms with Crippen LogP contribution in [0.1, 0.15) is 90.0 Å². The second-order valence-electron chi connectivity index (χ2n) is 16.1. The first kappa shape index (κ1) is 40.9. The monoisotopic (exact) mass is 816 g/mol. The summed E-state index contributed by atoms with van der Waals surface area (Å²) < 4.78 is 18.0. The number of carboxylic acid groups (broad SMARTS) is 1. The number of anilines is 1. The fraction of sp³-hybridized carbons (Fsp3) is 0.548. The van der Waals surface area contributed by atoms with Crippen LogP contribution in [0, 0.1) is 18.8 Å². The van der Waals surface area contributed by atoms with Gasteiger partial charge in [-0.2, -0.15) is 0 Å². The van der Waals surface area contributed by atoms with Crippen LogP contribution in [0.2, 0.25) is 0 Å².